The van der Waals surface area contributed by atoms with Crippen molar-refractivity contribution in [2.45, 2.75) is 38.3 Å². The van der Waals surface area contributed by atoms with Crippen LogP contribution in [0.3, 0.4) is 0 Å². The standard InChI is InChI=1S/C15H18N2O/c1-11-5-7-12(8-6-11)13-9-16-17(10-13)14-3-2-4-15(14)18/h5-10,14-15,18H,2-4H2,1H3. The molecule has 3 heteroatoms. The predicted molar refractivity (Wildman–Crippen MR) is 71.3 cm³/mol. The van der Waals surface area contributed by atoms with Gasteiger partial charge in [0.05, 0.1) is 18.3 Å². The first-order chi connectivity index (χ1) is 8.74. The van der Waals surface area contributed by atoms with E-state index in [1.807, 2.05) is 17.1 Å². The number of nitrogens with zero attached hydrogens (tertiary/aromatic N) is 2. The Labute approximate surface area is 107 Å². The van der Waals surface area contributed by atoms with Gasteiger partial charge in [0.25, 0.3) is 0 Å². The first kappa shape index (κ1) is 11.5. The summed E-state index contributed by atoms with van der Waals surface area (Å²) in [4.78, 5) is 0. The number of aliphatic hydroxyl groups is 1. The molecule has 3 nitrogen and oxygen atoms in total. The smallest absolute Gasteiger partial charge is 0.0778 e. The van der Waals surface area contributed by atoms with E-state index in [-0.39, 0.29) is 12.1 Å². The third kappa shape index (κ3) is 2.06. The van der Waals surface area contributed by atoms with E-state index in [1.54, 1.807) is 0 Å². The zero-order valence-electron chi connectivity index (χ0n) is 10.6. The fraction of sp³-hybridized carbons (Fsp3) is 0.400. The summed E-state index contributed by atoms with van der Waals surface area (Å²) >= 11 is 0. The maximum absolute atomic E-state index is 9.90. The van der Waals surface area contributed by atoms with E-state index in [9.17, 15) is 5.11 Å². The van der Waals surface area contributed by atoms with Crippen LogP contribution in [0.15, 0.2) is 36.7 Å². The highest BCUT2D eigenvalue weighted by Crippen LogP contribution is 2.30. The van der Waals surface area contributed by atoms with Crippen molar-refractivity contribution in [2.75, 3.05) is 0 Å². The minimum Gasteiger partial charge on any atom is -0.391 e. The molecule has 1 N–H and O–H groups in total. The summed E-state index contributed by atoms with van der Waals surface area (Å²) in [7, 11) is 0. The van der Waals surface area contributed by atoms with Gasteiger partial charge in [-0.25, -0.2) is 0 Å². The lowest BCUT2D eigenvalue weighted by molar-refractivity contribution is 0.130. The molecule has 2 aromatic rings. The van der Waals surface area contributed by atoms with Crippen LogP contribution in [0.1, 0.15) is 30.9 Å². The molecule has 1 aromatic heterocycles. The van der Waals surface area contributed by atoms with Crippen molar-refractivity contribution in [2.24, 2.45) is 0 Å². The van der Waals surface area contributed by atoms with E-state index in [0.29, 0.717) is 0 Å². The number of benzene rings is 1. The van der Waals surface area contributed by atoms with Gasteiger partial charge in [0.1, 0.15) is 0 Å². The lowest BCUT2D eigenvalue weighted by Gasteiger charge is -2.14. The maximum Gasteiger partial charge on any atom is 0.0778 e. The van der Waals surface area contributed by atoms with Gasteiger partial charge in [-0.15, -0.1) is 0 Å². The van der Waals surface area contributed by atoms with Crippen LogP contribution in [0.25, 0.3) is 11.1 Å². The van der Waals surface area contributed by atoms with Crippen LogP contribution in [0.2, 0.25) is 0 Å². The van der Waals surface area contributed by atoms with E-state index in [0.717, 1.165) is 24.8 Å². The Kier molecular flexibility index (Phi) is 2.92. The molecule has 0 spiro atoms. The summed E-state index contributed by atoms with van der Waals surface area (Å²) in [5.74, 6) is 0. The molecule has 3 rings (SSSR count). The first-order valence-corrected chi connectivity index (χ1v) is 6.53. The quantitative estimate of drug-likeness (QED) is 0.879. The first-order valence-electron chi connectivity index (χ1n) is 6.53. The minimum absolute atomic E-state index is 0.157. The van der Waals surface area contributed by atoms with Crippen LogP contribution in [0.5, 0.6) is 0 Å². The molecule has 1 fully saturated rings. The van der Waals surface area contributed by atoms with Gasteiger partial charge in [0, 0.05) is 11.8 Å². The van der Waals surface area contributed by atoms with Crippen LogP contribution < -0.4 is 0 Å². The molecule has 1 saturated carbocycles. The Bertz CT molecular complexity index is 530. The number of hydrogen-bond donors (Lipinski definition) is 1. The van der Waals surface area contributed by atoms with Crippen molar-refractivity contribution < 1.29 is 5.11 Å². The molecule has 2 unspecified atom stereocenters. The summed E-state index contributed by atoms with van der Waals surface area (Å²) in [6, 6.07) is 8.60. The fourth-order valence-electron chi connectivity index (χ4n) is 2.64. The van der Waals surface area contributed by atoms with E-state index in [2.05, 4.69) is 36.3 Å². The van der Waals surface area contributed by atoms with Gasteiger partial charge >= 0.3 is 0 Å². The average molecular weight is 242 g/mol. The highest BCUT2D eigenvalue weighted by molar-refractivity contribution is 5.61. The van der Waals surface area contributed by atoms with Crippen molar-refractivity contribution in [3.8, 4) is 11.1 Å². The van der Waals surface area contributed by atoms with Crippen molar-refractivity contribution in [3.05, 3.63) is 42.2 Å². The third-order valence-electron chi connectivity index (χ3n) is 3.77. The minimum atomic E-state index is -0.240. The SMILES string of the molecule is Cc1ccc(-c2cnn(C3CCCC3O)c2)cc1. The molecule has 0 amide bonds. The van der Waals surface area contributed by atoms with Crippen molar-refractivity contribution in [1.82, 2.24) is 9.78 Å². The van der Waals surface area contributed by atoms with Crippen molar-refractivity contribution in [3.63, 3.8) is 0 Å². The molecule has 0 radical (unpaired) electrons. The highest BCUT2D eigenvalue weighted by atomic mass is 16.3. The topological polar surface area (TPSA) is 38.0 Å². The van der Waals surface area contributed by atoms with E-state index < -0.39 is 0 Å². The summed E-state index contributed by atoms with van der Waals surface area (Å²) < 4.78 is 1.92. The van der Waals surface area contributed by atoms with Gasteiger partial charge in [0.2, 0.25) is 0 Å². The van der Waals surface area contributed by atoms with Crippen LogP contribution >= 0.6 is 0 Å². The summed E-state index contributed by atoms with van der Waals surface area (Å²) in [6.45, 7) is 2.09. The van der Waals surface area contributed by atoms with Gasteiger partial charge in [-0.05, 0) is 31.7 Å². The second-order valence-corrected chi connectivity index (χ2v) is 5.14. The van der Waals surface area contributed by atoms with E-state index in [4.69, 9.17) is 0 Å². The summed E-state index contributed by atoms with van der Waals surface area (Å²) in [5.41, 5.74) is 3.56. The molecule has 0 bridgehead atoms. The lowest BCUT2D eigenvalue weighted by Crippen LogP contribution is -2.18. The Morgan fingerprint density at radius 1 is 1.17 bits per heavy atom. The summed E-state index contributed by atoms with van der Waals surface area (Å²) in [5, 5.41) is 14.3. The van der Waals surface area contributed by atoms with Crippen LogP contribution in [-0.2, 0) is 0 Å². The van der Waals surface area contributed by atoms with Crippen LogP contribution in [0, 0.1) is 6.92 Å². The zero-order chi connectivity index (χ0) is 12.5. The van der Waals surface area contributed by atoms with Crippen molar-refractivity contribution in [1.29, 1.82) is 0 Å². The maximum atomic E-state index is 9.90. The van der Waals surface area contributed by atoms with Gasteiger partial charge in [-0.3, -0.25) is 4.68 Å². The van der Waals surface area contributed by atoms with Gasteiger partial charge in [-0.1, -0.05) is 29.8 Å². The number of aromatic nitrogens is 2. The molecule has 1 aliphatic rings. The fourth-order valence-corrected chi connectivity index (χ4v) is 2.64. The predicted octanol–water partition coefficient (Wildman–Crippen LogP) is 2.94. The average Bonchev–Trinajstić information content (AvgIpc) is 2.98. The molecule has 0 saturated heterocycles. The van der Waals surface area contributed by atoms with E-state index in [1.165, 1.54) is 11.1 Å². The third-order valence-corrected chi connectivity index (χ3v) is 3.77. The Balaban J connectivity index is 1.87. The molecule has 1 aromatic carbocycles. The van der Waals surface area contributed by atoms with Crippen LogP contribution in [-0.4, -0.2) is 21.0 Å². The van der Waals surface area contributed by atoms with Gasteiger partial charge < -0.3 is 5.11 Å². The molecule has 2 atom stereocenters. The highest BCUT2D eigenvalue weighted by Gasteiger charge is 2.27. The summed E-state index contributed by atoms with van der Waals surface area (Å²) in [6.07, 6.45) is 6.70. The molecular weight excluding hydrogens is 224 g/mol. The molecule has 94 valence electrons. The molecule has 1 aliphatic carbocycles. The zero-order valence-corrected chi connectivity index (χ0v) is 10.6. The van der Waals surface area contributed by atoms with Gasteiger partial charge in [-0.2, -0.15) is 5.10 Å². The molecule has 1 heterocycles. The second kappa shape index (κ2) is 4.58. The van der Waals surface area contributed by atoms with Gasteiger partial charge in [0.15, 0.2) is 0 Å². The number of aliphatic hydroxyl groups excluding tert-OH is 1. The Morgan fingerprint density at radius 2 is 1.94 bits per heavy atom. The molecular formula is C15H18N2O. The van der Waals surface area contributed by atoms with E-state index >= 15 is 0 Å². The number of aryl methyl sites for hydroxylation is 1. The Hall–Kier alpha value is -1.61. The van der Waals surface area contributed by atoms with Crippen LogP contribution in [0.4, 0.5) is 0 Å². The number of rotatable bonds is 2. The normalized spacial score (nSPS) is 23.4. The lowest BCUT2D eigenvalue weighted by atomic mass is 10.1. The largest absolute Gasteiger partial charge is 0.391 e. The monoisotopic (exact) mass is 242 g/mol. The number of hydrogen-bond acceptors (Lipinski definition) is 2. The Morgan fingerprint density at radius 3 is 2.61 bits per heavy atom. The molecule has 18 heavy (non-hydrogen) atoms. The molecule has 0 aliphatic heterocycles. The van der Waals surface area contributed by atoms with Crippen molar-refractivity contribution >= 4 is 0 Å². The second-order valence-electron chi connectivity index (χ2n) is 5.14.